The Labute approximate surface area is 256 Å². The molecule has 0 fully saturated rings. The number of unbranched alkanes of at least 4 members (excludes halogenated alkanes) is 2. The fourth-order valence-corrected chi connectivity index (χ4v) is 3.99. The predicted octanol–water partition coefficient (Wildman–Crippen LogP) is 11.7. The van der Waals surface area contributed by atoms with Gasteiger partial charge in [0.15, 0.2) is 17.3 Å². The lowest BCUT2D eigenvalue weighted by Gasteiger charge is -2.19. The van der Waals surface area contributed by atoms with Crippen molar-refractivity contribution in [3.8, 4) is 11.5 Å². The van der Waals surface area contributed by atoms with Crippen molar-refractivity contribution in [1.82, 2.24) is 4.90 Å². The predicted molar refractivity (Wildman–Crippen MR) is 184 cm³/mol. The Kier molecular flexibility index (Phi) is 24.4. The topological polar surface area (TPSA) is 38.8 Å². The van der Waals surface area contributed by atoms with E-state index in [0.717, 1.165) is 11.4 Å². The minimum absolute atomic E-state index is 0.0148. The van der Waals surface area contributed by atoms with Gasteiger partial charge in [0.05, 0.1) is 19.2 Å². The van der Waals surface area contributed by atoms with Crippen LogP contribution in [0.5, 0.6) is 11.5 Å². The zero-order valence-corrected chi connectivity index (χ0v) is 28.8. The van der Waals surface area contributed by atoms with Gasteiger partial charge in [-0.3, -0.25) is 4.79 Å². The normalized spacial score (nSPS) is 11.7. The first-order chi connectivity index (χ1) is 19.6. The van der Waals surface area contributed by atoms with Crippen molar-refractivity contribution in [3.05, 3.63) is 88.1 Å². The Morgan fingerprint density at radius 1 is 0.878 bits per heavy atom. The van der Waals surface area contributed by atoms with Gasteiger partial charge in [-0.25, -0.2) is 0 Å². The van der Waals surface area contributed by atoms with Gasteiger partial charge >= 0.3 is 0 Å². The van der Waals surface area contributed by atoms with Crippen LogP contribution in [-0.4, -0.2) is 24.9 Å². The highest BCUT2D eigenvalue weighted by molar-refractivity contribution is 8.06. The molecule has 5 heteroatoms. The SMILES string of the molecule is C=C1SC=C(CC)N1/C=C(\C)c1ccccc1C.CC.CCCC.CCCC.COc1ccc(C(C)=O)cc1OC. The van der Waals surface area contributed by atoms with E-state index in [4.69, 9.17) is 9.47 Å². The molecule has 0 amide bonds. The monoisotopic (exact) mass is 583 g/mol. The number of nitrogens with zero attached hydrogens (tertiary/aromatic N) is 1. The molecule has 1 aliphatic rings. The van der Waals surface area contributed by atoms with E-state index in [-0.39, 0.29) is 5.78 Å². The van der Waals surface area contributed by atoms with Crippen LogP contribution in [0.3, 0.4) is 0 Å². The van der Waals surface area contributed by atoms with Crippen molar-refractivity contribution in [1.29, 1.82) is 0 Å². The summed E-state index contributed by atoms with van der Waals surface area (Å²) in [6, 6.07) is 13.6. The summed E-state index contributed by atoms with van der Waals surface area (Å²) in [5.74, 6) is 1.23. The van der Waals surface area contributed by atoms with Crippen molar-refractivity contribution < 1.29 is 14.3 Å². The van der Waals surface area contributed by atoms with E-state index in [2.05, 4.69) is 95.8 Å². The van der Waals surface area contributed by atoms with E-state index < -0.39 is 0 Å². The molecule has 0 spiro atoms. The second-order valence-electron chi connectivity index (χ2n) is 9.10. The number of aryl methyl sites for hydroxylation is 1. The smallest absolute Gasteiger partial charge is 0.161 e. The average Bonchev–Trinajstić information content (AvgIpc) is 3.36. The molecular weight excluding hydrogens is 526 g/mol. The number of rotatable bonds is 8. The van der Waals surface area contributed by atoms with Gasteiger partial charge in [-0.1, -0.05) is 117 Å². The van der Waals surface area contributed by atoms with Gasteiger partial charge in [0, 0.05) is 17.5 Å². The summed E-state index contributed by atoms with van der Waals surface area (Å²) >= 11 is 1.70. The summed E-state index contributed by atoms with van der Waals surface area (Å²) in [6.07, 6.45) is 8.50. The van der Waals surface area contributed by atoms with Gasteiger partial charge in [-0.15, -0.1) is 0 Å². The van der Waals surface area contributed by atoms with Crippen molar-refractivity contribution in [2.75, 3.05) is 14.2 Å². The first-order valence-electron chi connectivity index (χ1n) is 15.0. The third-order valence-electron chi connectivity index (χ3n) is 5.95. The molecule has 0 saturated carbocycles. The fourth-order valence-electron chi connectivity index (χ4n) is 3.15. The first kappa shape index (κ1) is 40.2. The molecule has 0 unspecified atom stereocenters. The van der Waals surface area contributed by atoms with Gasteiger partial charge in [-0.05, 0) is 67.5 Å². The molecule has 230 valence electrons. The lowest BCUT2D eigenvalue weighted by molar-refractivity contribution is 0.101. The number of hydrogen-bond acceptors (Lipinski definition) is 5. The zero-order chi connectivity index (χ0) is 31.8. The van der Waals surface area contributed by atoms with E-state index in [0.29, 0.717) is 17.1 Å². The summed E-state index contributed by atoms with van der Waals surface area (Å²) in [5, 5.41) is 3.27. The number of carbonyl (C=O) groups is 1. The summed E-state index contributed by atoms with van der Waals surface area (Å²) in [7, 11) is 3.10. The van der Waals surface area contributed by atoms with Crippen LogP contribution < -0.4 is 9.47 Å². The molecule has 3 rings (SSSR count). The van der Waals surface area contributed by atoms with Crippen LogP contribution in [0.25, 0.3) is 5.57 Å². The highest BCUT2D eigenvalue weighted by atomic mass is 32.2. The van der Waals surface area contributed by atoms with Crippen molar-refractivity contribution in [2.45, 2.75) is 101 Å². The number of allylic oxidation sites excluding steroid dienone is 2. The Balaban J connectivity index is 0. The summed E-state index contributed by atoms with van der Waals surface area (Å²) in [5.41, 5.74) is 5.83. The van der Waals surface area contributed by atoms with Crippen molar-refractivity contribution in [3.63, 3.8) is 0 Å². The molecule has 0 aliphatic carbocycles. The Morgan fingerprint density at radius 3 is 1.85 bits per heavy atom. The third-order valence-corrected chi connectivity index (χ3v) is 6.81. The summed E-state index contributed by atoms with van der Waals surface area (Å²) in [4.78, 5) is 13.2. The number of methoxy groups -OCH3 is 2. The van der Waals surface area contributed by atoms with E-state index in [9.17, 15) is 4.79 Å². The second kappa shape index (κ2) is 24.8. The van der Waals surface area contributed by atoms with Crippen LogP contribution in [0, 0.1) is 6.92 Å². The number of hydrogen-bond donors (Lipinski definition) is 0. The molecule has 0 bridgehead atoms. The maximum atomic E-state index is 11.0. The molecule has 2 aromatic carbocycles. The second-order valence-corrected chi connectivity index (χ2v) is 10.0. The highest BCUT2D eigenvalue weighted by Crippen LogP contribution is 2.36. The molecule has 41 heavy (non-hydrogen) atoms. The highest BCUT2D eigenvalue weighted by Gasteiger charge is 2.16. The van der Waals surface area contributed by atoms with E-state index in [1.165, 1.54) is 55.0 Å². The lowest BCUT2D eigenvalue weighted by Crippen LogP contribution is -2.09. The molecule has 1 aliphatic heterocycles. The molecule has 0 aromatic heterocycles. The number of Topliss-reactive ketones (excluding diaryl/α,β-unsaturated/α-hetero) is 1. The minimum atomic E-state index is 0.0148. The molecule has 2 aromatic rings. The molecule has 0 radical (unpaired) electrons. The van der Waals surface area contributed by atoms with E-state index >= 15 is 0 Å². The van der Waals surface area contributed by atoms with Crippen LogP contribution in [0.4, 0.5) is 0 Å². The average molecular weight is 584 g/mol. The largest absolute Gasteiger partial charge is 0.493 e. The minimum Gasteiger partial charge on any atom is -0.493 e. The number of carbonyl (C=O) groups excluding carboxylic acids is 1. The number of thioether (sulfide) groups is 1. The molecule has 1 heterocycles. The maximum Gasteiger partial charge on any atom is 0.161 e. The van der Waals surface area contributed by atoms with E-state index in [1.54, 1.807) is 44.2 Å². The molecule has 4 nitrogen and oxygen atoms in total. The molecule has 0 atom stereocenters. The van der Waals surface area contributed by atoms with Crippen LogP contribution in [0.1, 0.15) is 116 Å². The third kappa shape index (κ3) is 15.6. The number of ketones is 1. The number of benzene rings is 2. The summed E-state index contributed by atoms with van der Waals surface area (Å²) < 4.78 is 10.1. The van der Waals surface area contributed by atoms with Crippen LogP contribution in [-0.2, 0) is 0 Å². The lowest BCUT2D eigenvalue weighted by atomic mass is 10.0. The van der Waals surface area contributed by atoms with Gasteiger partial charge < -0.3 is 14.4 Å². The molecular formula is C36H57NO3S. The van der Waals surface area contributed by atoms with Crippen LogP contribution >= 0.6 is 11.8 Å². The Bertz CT molecular complexity index is 1060. The molecule has 0 N–H and O–H groups in total. The Hall–Kier alpha value is -2.92. The van der Waals surface area contributed by atoms with Crippen LogP contribution in [0.2, 0.25) is 0 Å². The summed E-state index contributed by atoms with van der Waals surface area (Å²) in [6.45, 7) is 24.8. The quantitative estimate of drug-likeness (QED) is 0.289. The van der Waals surface area contributed by atoms with Crippen LogP contribution in [0.15, 0.2) is 71.4 Å². The first-order valence-corrected chi connectivity index (χ1v) is 15.8. The zero-order valence-electron chi connectivity index (χ0n) is 28.0. The maximum absolute atomic E-state index is 11.0. The standard InChI is InChI=1S/C16H19NS.C10H12O3.2C4H10.C2H6/c1-5-15-11-18-14(4)17(15)10-13(3)16-9-7-6-8-12(16)2;1-7(11)8-4-5-9(12-2)10(6-8)13-3;2*1-3-4-2;1-2/h6-11H,4-5H2,1-3H3;4-6H,1-3H3;2*3-4H2,1-2H3;1-2H3/b13-10+;;;;. The number of ether oxygens (including phenoxy) is 2. The van der Waals surface area contributed by atoms with Crippen molar-refractivity contribution >= 4 is 23.1 Å². The Morgan fingerprint density at radius 2 is 1.41 bits per heavy atom. The van der Waals surface area contributed by atoms with Gasteiger partial charge in [0.25, 0.3) is 0 Å². The fraction of sp³-hybridized carbons (Fsp3) is 0.472. The van der Waals surface area contributed by atoms with Gasteiger partial charge in [0.1, 0.15) is 0 Å². The van der Waals surface area contributed by atoms with Gasteiger partial charge in [0.2, 0.25) is 0 Å². The molecule has 0 saturated heterocycles. The van der Waals surface area contributed by atoms with Crippen molar-refractivity contribution in [2.24, 2.45) is 0 Å². The van der Waals surface area contributed by atoms with Gasteiger partial charge in [-0.2, -0.15) is 0 Å². The van der Waals surface area contributed by atoms with E-state index in [1.807, 2.05) is 13.8 Å².